The van der Waals surface area contributed by atoms with Crippen molar-refractivity contribution in [3.05, 3.63) is 30.0 Å². The summed E-state index contributed by atoms with van der Waals surface area (Å²) in [6.45, 7) is 0.331. The third-order valence-electron chi connectivity index (χ3n) is 3.02. The van der Waals surface area contributed by atoms with Crippen molar-refractivity contribution in [3.63, 3.8) is 0 Å². The number of rotatable bonds is 5. The van der Waals surface area contributed by atoms with Crippen LogP contribution in [0.2, 0.25) is 0 Å². The highest BCUT2D eigenvalue weighted by Crippen LogP contribution is 2.29. The van der Waals surface area contributed by atoms with Crippen LogP contribution in [-0.2, 0) is 0 Å². The molecule has 1 aromatic carbocycles. The first-order valence-electron chi connectivity index (χ1n) is 5.83. The number of aliphatic hydroxyl groups excluding tert-OH is 2. The van der Waals surface area contributed by atoms with Crippen LogP contribution in [0.25, 0.3) is 10.9 Å². The average Bonchev–Trinajstić information content (AvgIpc) is 2.80. The molecule has 0 aliphatic rings. The largest absolute Gasteiger partial charge is 0.497 e. The topological polar surface area (TPSA) is 77.5 Å². The molecular formula is C13H18N2O3. The fourth-order valence-corrected chi connectivity index (χ4v) is 2.02. The van der Waals surface area contributed by atoms with Crippen molar-refractivity contribution in [1.29, 1.82) is 0 Å². The highest BCUT2D eigenvalue weighted by Gasteiger charge is 2.20. The lowest BCUT2D eigenvalue weighted by atomic mass is 10.0. The number of hydrogen-bond acceptors (Lipinski definition) is 4. The minimum Gasteiger partial charge on any atom is -0.497 e. The molecule has 0 amide bonds. The van der Waals surface area contributed by atoms with E-state index in [2.05, 4.69) is 10.3 Å². The zero-order valence-corrected chi connectivity index (χ0v) is 10.5. The van der Waals surface area contributed by atoms with Crippen molar-refractivity contribution >= 4 is 10.9 Å². The number of H-pyrrole nitrogens is 1. The molecule has 18 heavy (non-hydrogen) atoms. The molecule has 0 radical (unpaired) electrons. The highest BCUT2D eigenvalue weighted by molar-refractivity contribution is 5.85. The molecular weight excluding hydrogens is 232 g/mol. The van der Waals surface area contributed by atoms with E-state index < -0.39 is 12.2 Å². The van der Waals surface area contributed by atoms with Gasteiger partial charge in [-0.2, -0.15) is 0 Å². The van der Waals surface area contributed by atoms with E-state index in [9.17, 15) is 10.2 Å². The molecule has 0 aliphatic heterocycles. The van der Waals surface area contributed by atoms with Gasteiger partial charge in [0.1, 0.15) is 11.9 Å². The van der Waals surface area contributed by atoms with Crippen molar-refractivity contribution in [2.45, 2.75) is 12.2 Å². The molecule has 0 spiro atoms. The number of benzene rings is 1. The zero-order chi connectivity index (χ0) is 13.1. The van der Waals surface area contributed by atoms with Crippen LogP contribution in [0.1, 0.15) is 11.7 Å². The number of methoxy groups -OCH3 is 1. The third kappa shape index (κ3) is 2.33. The highest BCUT2D eigenvalue weighted by atomic mass is 16.5. The van der Waals surface area contributed by atoms with E-state index in [4.69, 9.17) is 4.74 Å². The van der Waals surface area contributed by atoms with E-state index in [1.54, 1.807) is 20.4 Å². The van der Waals surface area contributed by atoms with E-state index in [1.165, 1.54) is 0 Å². The van der Waals surface area contributed by atoms with Gasteiger partial charge in [-0.1, -0.05) is 0 Å². The van der Waals surface area contributed by atoms with E-state index in [0.29, 0.717) is 12.1 Å². The molecule has 0 saturated carbocycles. The van der Waals surface area contributed by atoms with Gasteiger partial charge in [-0.05, 0) is 25.2 Å². The van der Waals surface area contributed by atoms with Crippen LogP contribution in [0, 0.1) is 0 Å². The van der Waals surface area contributed by atoms with E-state index in [-0.39, 0.29) is 0 Å². The first-order chi connectivity index (χ1) is 8.67. The Morgan fingerprint density at radius 1 is 1.39 bits per heavy atom. The maximum Gasteiger partial charge on any atom is 0.119 e. The predicted octanol–water partition coefficient (Wildman–Crippen LogP) is 0.790. The molecule has 2 unspecified atom stereocenters. The quantitative estimate of drug-likeness (QED) is 0.633. The van der Waals surface area contributed by atoms with Gasteiger partial charge in [0.15, 0.2) is 0 Å². The molecule has 2 rings (SSSR count). The number of ether oxygens (including phenoxy) is 1. The van der Waals surface area contributed by atoms with E-state index >= 15 is 0 Å². The first kappa shape index (κ1) is 12.9. The molecule has 1 heterocycles. The summed E-state index contributed by atoms with van der Waals surface area (Å²) in [5.74, 6) is 0.721. The summed E-state index contributed by atoms with van der Waals surface area (Å²) in [5.41, 5.74) is 1.58. The minimum atomic E-state index is -0.932. The maximum atomic E-state index is 10.1. The summed E-state index contributed by atoms with van der Waals surface area (Å²) >= 11 is 0. The van der Waals surface area contributed by atoms with Gasteiger partial charge in [-0.15, -0.1) is 0 Å². The van der Waals surface area contributed by atoms with Crippen LogP contribution in [0.4, 0.5) is 0 Å². The molecule has 0 bridgehead atoms. The number of aromatic amines is 1. The number of likely N-dealkylation sites (N-methyl/N-ethyl adjacent to an activating group) is 1. The average molecular weight is 250 g/mol. The van der Waals surface area contributed by atoms with Gasteiger partial charge < -0.3 is 25.3 Å². The lowest BCUT2D eigenvalue weighted by Crippen LogP contribution is -2.29. The van der Waals surface area contributed by atoms with Gasteiger partial charge in [0.2, 0.25) is 0 Å². The Bertz CT molecular complexity index is 524. The molecule has 98 valence electrons. The lowest BCUT2D eigenvalue weighted by Gasteiger charge is -2.17. The summed E-state index contributed by atoms with van der Waals surface area (Å²) < 4.78 is 5.16. The molecule has 0 saturated heterocycles. The smallest absolute Gasteiger partial charge is 0.119 e. The van der Waals surface area contributed by atoms with Crippen molar-refractivity contribution in [2.24, 2.45) is 0 Å². The van der Waals surface area contributed by atoms with Crippen LogP contribution in [-0.4, -0.2) is 42.0 Å². The third-order valence-corrected chi connectivity index (χ3v) is 3.02. The van der Waals surface area contributed by atoms with Gasteiger partial charge >= 0.3 is 0 Å². The summed E-state index contributed by atoms with van der Waals surface area (Å²) in [6, 6.07) is 5.57. The zero-order valence-electron chi connectivity index (χ0n) is 10.5. The lowest BCUT2D eigenvalue weighted by molar-refractivity contribution is 0.0211. The van der Waals surface area contributed by atoms with Crippen LogP contribution in [0.5, 0.6) is 5.75 Å². The molecule has 5 nitrogen and oxygen atoms in total. The Morgan fingerprint density at radius 3 is 2.83 bits per heavy atom. The predicted molar refractivity (Wildman–Crippen MR) is 69.7 cm³/mol. The summed E-state index contributed by atoms with van der Waals surface area (Å²) in [6.07, 6.45) is -0.0632. The van der Waals surface area contributed by atoms with Gasteiger partial charge in [0.25, 0.3) is 0 Å². The molecule has 0 fully saturated rings. The fraction of sp³-hybridized carbons (Fsp3) is 0.385. The summed E-state index contributed by atoms with van der Waals surface area (Å²) in [5, 5.41) is 23.6. The molecule has 2 atom stereocenters. The van der Waals surface area contributed by atoms with E-state index in [1.807, 2.05) is 18.2 Å². The number of hydrogen-bond donors (Lipinski definition) is 4. The molecule has 0 aliphatic carbocycles. The summed E-state index contributed by atoms with van der Waals surface area (Å²) in [4.78, 5) is 3.07. The van der Waals surface area contributed by atoms with Gasteiger partial charge in [-0.3, -0.25) is 0 Å². The molecule has 2 aromatic rings. The van der Waals surface area contributed by atoms with Crippen LogP contribution in [0.15, 0.2) is 24.4 Å². The van der Waals surface area contributed by atoms with Crippen molar-refractivity contribution < 1.29 is 14.9 Å². The first-order valence-corrected chi connectivity index (χ1v) is 5.83. The van der Waals surface area contributed by atoms with Gasteiger partial charge in [0.05, 0.1) is 13.2 Å². The van der Waals surface area contributed by atoms with Crippen LogP contribution < -0.4 is 10.1 Å². The Balaban J connectivity index is 2.38. The minimum absolute atomic E-state index is 0.331. The number of aromatic nitrogens is 1. The second-order valence-corrected chi connectivity index (χ2v) is 4.23. The van der Waals surface area contributed by atoms with E-state index in [0.717, 1.165) is 16.7 Å². The van der Waals surface area contributed by atoms with Gasteiger partial charge in [-0.25, -0.2) is 0 Å². The van der Waals surface area contributed by atoms with Crippen LogP contribution >= 0.6 is 0 Å². The van der Waals surface area contributed by atoms with Crippen molar-refractivity contribution in [3.8, 4) is 5.75 Å². The number of aliphatic hydroxyl groups is 2. The normalized spacial score (nSPS) is 14.7. The molecule has 1 aromatic heterocycles. The maximum absolute atomic E-state index is 10.1. The Kier molecular flexibility index (Phi) is 3.86. The Labute approximate surface area is 105 Å². The monoisotopic (exact) mass is 250 g/mol. The number of nitrogens with one attached hydrogen (secondary N) is 2. The standard InChI is InChI=1S/C13H18N2O3/c1-14-7-12(16)13(17)10-6-15-11-4-3-8(18-2)5-9(10)11/h3-6,12-17H,7H2,1-2H3. The van der Waals surface area contributed by atoms with Crippen molar-refractivity contribution in [2.75, 3.05) is 20.7 Å². The van der Waals surface area contributed by atoms with Gasteiger partial charge in [0, 0.05) is 29.2 Å². The molecule has 4 N–H and O–H groups in total. The second-order valence-electron chi connectivity index (χ2n) is 4.23. The SMILES string of the molecule is CNCC(O)C(O)c1c[nH]c2ccc(OC)cc12. The van der Waals surface area contributed by atoms with Crippen molar-refractivity contribution in [1.82, 2.24) is 10.3 Å². The molecule has 5 heteroatoms. The Hall–Kier alpha value is -1.56. The fourth-order valence-electron chi connectivity index (χ4n) is 2.02. The second kappa shape index (κ2) is 5.39. The van der Waals surface area contributed by atoms with Crippen LogP contribution in [0.3, 0.4) is 0 Å². The Morgan fingerprint density at radius 2 is 2.17 bits per heavy atom. The number of fused-ring (bicyclic) bond motifs is 1. The summed E-state index contributed by atoms with van der Waals surface area (Å²) in [7, 11) is 3.33.